The normalized spacial score (nSPS) is 12.2. The van der Waals surface area contributed by atoms with Gasteiger partial charge in [-0.05, 0) is 62.2 Å². The van der Waals surface area contributed by atoms with Crippen LogP contribution < -0.4 is 24.8 Å². The summed E-state index contributed by atoms with van der Waals surface area (Å²) in [7, 11) is 1.52. The zero-order valence-electron chi connectivity index (χ0n) is 22.1. The summed E-state index contributed by atoms with van der Waals surface area (Å²) in [6.45, 7) is 4.87. The fourth-order valence-electron chi connectivity index (χ4n) is 4.14. The number of nitrogens with zero attached hydrogens (tertiary/aromatic N) is 1. The first-order chi connectivity index (χ1) is 18.9. The van der Waals surface area contributed by atoms with Crippen LogP contribution in [0.4, 0.5) is 15.5 Å². The molecule has 3 amide bonds. The average molecular weight is 554 g/mol. The van der Waals surface area contributed by atoms with Crippen LogP contribution in [0.25, 0.3) is 0 Å². The molecule has 206 valence electrons. The molecule has 10 nitrogen and oxygen atoms in total. The molecule has 2 aromatic carbocycles. The molecule has 1 aliphatic rings. The van der Waals surface area contributed by atoms with Gasteiger partial charge in [-0.2, -0.15) is 0 Å². The second-order valence-corrected chi connectivity index (χ2v) is 9.58. The van der Waals surface area contributed by atoms with Crippen molar-refractivity contribution in [1.29, 1.82) is 0 Å². The van der Waals surface area contributed by atoms with E-state index in [2.05, 4.69) is 10.6 Å². The monoisotopic (exact) mass is 553 g/mol. The maximum atomic E-state index is 13.5. The average Bonchev–Trinajstić information content (AvgIpc) is 3.30. The lowest BCUT2D eigenvalue weighted by atomic mass is 10.0. The third kappa shape index (κ3) is 6.80. The van der Waals surface area contributed by atoms with E-state index >= 15 is 0 Å². The van der Waals surface area contributed by atoms with Gasteiger partial charge in [0.2, 0.25) is 0 Å². The van der Waals surface area contributed by atoms with Gasteiger partial charge in [-0.3, -0.25) is 9.59 Å². The highest BCUT2D eigenvalue weighted by molar-refractivity contribution is 7.17. The van der Waals surface area contributed by atoms with Gasteiger partial charge in [0.25, 0.3) is 11.8 Å². The minimum Gasteiger partial charge on any atom is -0.494 e. The van der Waals surface area contributed by atoms with Crippen LogP contribution >= 0.6 is 11.3 Å². The highest BCUT2D eigenvalue weighted by Gasteiger charge is 2.31. The number of para-hydroxylation sites is 2. The molecule has 0 bridgehead atoms. The molecular formula is C28H31N3O7S. The number of fused-ring (bicyclic) bond motifs is 1. The van der Waals surface area contributed by atoms with Crippen molar-refractivity contribution in [2.75, 3.05) is 44.1 Å². The number of anilines is 2. The van der Waals surface area contributed by atoms with Crippen LogP contribution in [-0.2, 0) is 22.5 Å². The molecule has 1 aromatic heterocycles. The number of nitrogens with one attached hydrogen (secondary N) is 2. The Balaban J connectivity index is 1.55. The third-order valence-corrected chi connectivity index (χ3v) is 7.05. The Morgan fingerprint density at radius 2 is 1.69 bits per heavy atom. The Morgan fingerprint density at radius 3 is 2.38 bits per heavy atom. The summed E-state index contributed by atoms with van der Waals surface area (Å²) in [6, 6.07) is 14.1. The van der Waals surface area contributed by atoms with Crippen LogP contribution in [0.3, 0.4) is 0 Å². The molecule has 0 fully saturated rings. The number of methoxy groups -OCH3 is 1. The first kappa shape index (κ1) is 27.8. The molecule has 0 aliphatic carbocycles. The number of amides is 3. The Labute approximate surface area is 230 Å². The van der Waals surface area contributed by atoms with Crippen LogP contribution in [-0.4, -0.2) is 56.3 Å². The highest BCUT2D eigenvalue weighted by atomic mass is 32.1. The molecule has 2 heterocycles. The summed E-state index contributed by atoms with van der Waals surface area (Å²) in [6.07, 6.45) is 0.0392. The van der Waals surface area contributed by atoms with Crippen LogP contribution in [0.5, 0.6) is 17.2 Å². The lowest BCUT2D eigenvalue weighted by Gasteiger charge is -2.26. The van der Waals surface area contributed by atoms with Gasteiger partial charge in [-0.25, -0.2) is 4.79 Å². The van der Waals surface area contributed by atoms with E-state index in [9.17, 15) is 14.4 Å². The van der Waals surface area contributed by atoms with Crippen molar-refractivity contribution >= 4 is 39.9 Å². The predicted molar refractivity (Wildman–Crippen MR) is 148 cm³/mol. The summed E-state index contributed by atoms with van der Waals surface area (Å²) < 4.78 is 21.5. The lowest BCUT2D eigenvalue weighted by Crippen LogP contribution is -2.36. The number of carbonyl (C=O) groups excluding carboxylic acids is 3. The molecule has 4 rings (SSSR count). The zero-order chi connectivity index (χ0) is 27.8. The molecule has 2 N–H and O–H groups in total. The minimum absolute atomic E-state index is 0.274. The van der Waals surface area contributed by atoms with Crippen molar-refractivity contribution in [1.82, 2.24) is 4.90 Å². The maximum absolute atomic E-state index is 13.5. The molecule has 11 heteroatoms. The van der Waals surface area contributed by atoms with E-state index in [4.69, 9.17) is 18.9 Å². The number of hydrogen-bond donors (Lipinski definition) is 2. The predicted octanol–water partition coefficient (Wildman–Crippen LogP) is 4.94. The molecule has 0 unspecified atom stereocenters. The van der Waals surface area contributed by atoms with Crippen LogP contribution in [0, 0.1) is 0 Å². The van der Waals surface area contributed by atoms with Crippen molar-refractivity contribution in [3.05, 3.63) is 64.5 Å². The van der Waals surface area contributed by atoms with Gasteiger partial charge in [0, 0.05) is 17.1 Å². The van der Waals surface area contributed by atoms with Gasteiger partial charge in [0.1, 0.15) is 10.8 Å². The third-order valence-electron chi connectivity index (χ3n) is 5.91. The van der Waals surface area contributed by atoms with Crippen LogP contribution in [0.15, 0.2) is 48.5 Å². The van der Waals surface area contributed by atoms with E-state index in [-0.39, 0.29) is 25.7 Å². The molecule has 0 saturated heterocycles. The number of hydrogen-bond acceptors (Lipinski definition) is 8. The molecule has 1 aliphatic heterocycles. The molecule has 39 heavy (non-hydrogen) atoms. The Kier molecular flexibility index (Phi) is 9.27. The fourth-order valence-corrected chi connectivity index (χ4v) is 5.42. The first-order valence-corrected chi connectivity index (χ1v) is 13.4. The minimum atomic E-state index is -0.433. The number of benzene rings is 2. The molecule has 0 spiro atoms. The van der Waals surface area contributed by atoms with E-state index in [1.807, 2.05) is 6.92 Å². The quantitative estimate of drug-likeness (QED) is 0.365. The molecule has 0 saturated carbocycles. The molecule has 0 atom stereocenters. The summed E-state index contributed by atoms with van der Waals surface area (Å²) in [5, 5.41) is 6.14. The van der Waals surface area contributed by atoms with Crippen molar-refractivity contribution in [3.8, 4) is 17.2 Å². The molecule has 3 aromatic rings. The van der Waals surface area contributed by atoms with Gasteiger partial charge in [-0.15, -0.1) is 11.3 Å². The highest BCUT2D eigenvalue weighted by Crippen LogP contribution is 2.38. The van der Waals surface area contributed by atoms with Crippen molar-refractivity contribution in [3.63, 3.8) is 0 Å². The Hall–Kier alpha value is -4.25. The Bertz CT molecular complexity index is 1320. The lowest BCUT2D eigenvalue weighted by molar-refractivity contribution is -0.118. The SMILES string of the molecule is CCOC(=O)N1CCc2c(sc(NC(=O)COc3ccccc3OC)c2C(=O)Nc2ccc(OCC)cc2)C1. The number of rotatable bonds is 10. The largest absolute Gasteiger partial charge is 0.494 e. The van der Waals surface area contributed by atoms with Gasteiger partial charge in [0.05, 0.1) is 32.4 Å². The number of ether oxygens (including phenoxy) is 4. The van der Waals surface area contributed by atoms with E-state index in [1.165, 1.54) is 18.4 Å². The summed E-state index contributed by atoms with van der Waals surface area (Å²) >= 11 is 1.26. The second kappa shape index (κ2) is 13.0. The van der Waals surface area contributed by atoms with Crippen molar-refractivity contribution in [2.45, 2.75) is 26.8 Å². The maximum Gasteiger partial charge on any atom is 0.410 e. The van der Waals surface area contributed by atoms with Gasteiger partial charge < -0.3 is 34.5 Å². The van der Waals surface area contributed by atoms with E-state index in [0.29, 0.717) is 53.1 Å². The summed E-state index contributed by atoms with van der Waals surface area (Å²) in [4.78, 5) is 41.1. The Morgan fingerprint density at radius 1 is 0.949 bits per heavy atom. The van der Waals surface area contributed by atoms with E-state index in [0.717, 1.165) is 10.4 Å². The zero-order valence-corrected chi connectivity index (χ0v) is 22.9. The van der Waals surface area contributed by atoms with Gasteiger partial charge >= 0.3 is 6.09 Å². The van der Waals surface area contributed by atoms with Crippen LogP contribution in [0.2, 0.25) is 0 Å². The molecular weight excluding hydrogens is 522 g/mol. The second-order valence-electron chi connectivity index (χ2n) is 8.48. The van der Waals surface area contributed by atoms with Gasteiger partial charge in [0.15, 0.2) is 18.1 Å². The fraction of sp³-hybridized carbons (Fsp3) is 0.321. The smallest absolute Gasteiger partial charge is 0.410 e. The summed E-state index contributed by atoms with van der Waals surface area (Å²) in [5.74, 6) is 0.843. The number of carbonyl (C=O) groups is 3. The topological polar surface area (TPSA) is 115 Å². The van der Waals surface area contributed by atoms with Gasteiger partial charge in [-0.1, -0.05) is 12.1 Å². The summed E-state index contributed by atoms with van der Waals surface area (Å²) in [5.41, 5.74) is 1.76. The molecule has 0 radical (unpaired) electrons. The standard InChI is InChI=1S/C28H31N3O7S/c1-4-36-19-12-10-18(11-13-19)29-26(33)25-20-14-15-31(28(34)37-5-2)16-23(20)39-27(25)30-24(32)17-38-22-9-7-6-8-21(22)35-3/h6-13H,4-5,14-17H2,1-3H3,(H,29,33)(H,30,32). The van der Waals surface area contributed by atoms with E-state index < -0.39 is 12.0 Å². The first-order valence-electron chi connectivity index (χ1n) is 12.6. The van der Waals surface area contributed by atoms with Crippen molar-refractivity contribution in [2.24, 2.45) is 0 Å². The van der Waals surface area contributed by atoms with E-state index in [1.54, 1.807) is 60.4 Å². The van der Waals surface area contributed by atoms with Crippen LogP contribution in [0.1, 0.15) is 34.6 Å². The number of thiophene rings is 1. The van der Waals surface area contributed by atoms with Crippen molar-refractivity contribution < 1.29 is 33.3 Å².